The fourth-order valence-electron chi connectivity index (χ4n) is 8.66. The molecule has 6 nitrogen and oxygen atoms in total. The molecule has 0 amide bonds. The number of benzene rings is 8. The zero-order valence-corrected chi connectivity index (χ0v) is 30.5. The van der Waals surface area contributed by atoms with Crippen molar-refractivity contribution in [3.05, 3.63) is 188 Å². The van der Waals surface area contributed by atoms with Gasteiger partial charge in [0.05, 0.1) is 27.5 Å². The largest absolute Gasteiger partial charge is 0.455 e. The van der Waals surface area contributed by atoms with Gasteiger partial charge in [0, 0.05) is 55.0 Å². The van der Waals surface area contributed by atoms with Gasteiger partial charge in [0.1, 0.15) is 11.2 Å². The van der Waals surface area contributed by atoms with Crippen LogP contribution >= 0.6 is 0 Å². The molecule has 0 bridgehead atoms. The van der Waals surface area contributed by atoms with Crippen LogP contribution in [0.5, 0.6) is 0 Å². The van der Waals surface area contributed by atoms with Crippen LogP contribution in [-0.4, -0.2) is 24.1 Å². The molecule has 0 saturated carbocycles. The lowest BCUT2D eigenvalue weighted by Crippen LogP contribution is -2.01. The number of hydrogen-bond acceptors (Lipinski definition) is 4. The van der Waals surface area contributed by atoms with Crippen molar-refractivity contribution in [3.8, 4) is 45.5 Å². The highest BCUT2D eigenvalue weighted by atomic mass is 16.3. The summed E-state index contributed by atoms with van der Waals surface area (Å²) in [5.74, 6) is 1.87. The number of para-hydroxylation sites is 3. The van der Waals surface area contributed by atoms with Gasteiger partial charge in [0.2, 0.25) is 0 Å². The lowest BCUT2D eigenvalue weighted by molar-refractivity contribution is 0.673. The Kier molecular flexibility index (Phi) is 6.83. The molecule has 0 aliphatic heterocycles. The number of aromatic nitrogens is 5. The lowest BCUT2D eigenvalue weighted by atomic mass is 10.1. The first-order valence-corrected chi connectivity index (χ1v) is 19.1. The molecule has 0 spiro atoms. The van der Waals surface area contributed by atoms with E-state index in [0.717, 1.165) is 82.8 Å². The van der Waals surface area contributed by atoms with E-state index in [2.05, 4.69) is 130 Å². The zero-order chi connectivity index (χ0) is 37.5. The van der Waals surface area contributed by atoms with Crippen molar-refractivity contribution >= 4 is 65.6 Å². The fraction of sp³-hybridized carbons (Fsp3) is 0. The Bertz CT molecular complexity index is 3450. The predicted octanol–water partition coefficient (Wildman–Crippen LogP) is 13.0. The summed E-state index contributed by atoms with van der Waals surface area (Å²) in [6, 6.07) is 65.4. The maximum atomic E-state index is 6.85. The minimum Gasteiger partial charge on any atom is -0.455 e. The SMILES string of the molecule is c1ccc(-c2nc(-c3ccccc3)nc(-c3cccc(-n4c5ccc6c7ccccc7oc6c5c5c4ccc4c6ccccc6n(-c6ccccc6)c45)c3)n2)cc1. The van der Waals surface area contributed by atoms with Gasteiger partial charge in [-0.1, -0.05) is 133 Å². The maximum Gasteiger partial charge on any atom is 0.164 e. The number of furan rings is 1. The second kappa shape index (κ2) is 12.3. The predicted molar refractivity (Wildman–Crippen MR) is 232 cm³/mol. The minimum absolute atomic E-state index is 0.608. The quantitative estimate of drug-likeness (QED) is 0.177. The highest BCUT2D eigenvalue weighted by Crippen LogP contribution is 2.46. The molecule has 0 fully saturated rings. The second-order valence-electron chi connectivity index (χ2n) is 14.4. The normalized spacial score (nSPS) is 11.9. The van der Waals surface area contributed by atoms with E-state index in [1.165, 1.54) is 10.8 Å². The van der Waals surface area contributed by atoms with Crippen LogP contribution < -0.4 is 0 Å². The van der Waals surface area contributed by atoms with Gasteiger partial charge in [0.25, 0.3) is 0 Å². The first-order chi connectivity index (χ1) is 28.3. The zero-order valence-electron chi connectivity index (χ0n) is 30.5. The third-order valence-electron chi connectivity index (χ3n) is 11.1. The van der Waals surface area contributed by atoms with Crippen LogP contribution in [0.1, 0.15) is 0 Å². The molecule has 0 radical (unpaired) electrons. The topological polar surface area (TPSA) is 61.7 Å². The summed E-state index contributed by atoms with van der Waals surface area (Å²) in [6.07, 6.45) is 0. The van der Waals surface area contributed by atoms with Crippen LogP contribution in [0.4, 0.5) is 0 Å². The summed E-state index contributed by atoms with van der Waals surface area (Å²) in [7, 11) is 0. The summed E-state index contributed by atoms with van der Waals surface area (Å²) in [4.78, 5) is 15.1. The van der Waals surface area contributed by atoms with Crippen molar-refractivity contribution in [2.24, 2.45) is 0 Å². The Morgan fingerprint density at radius 3 is 1.61 bits per heavy atom. The summed E-state index contributed by atoms with van der Waals surface area (Å²) < 4.78 is 11.6. The molecule has 8 aromatic carbocycles. The molecular formula is C51H31N5O. The van der Waals surface area contributed by atoms with Crippen LogP contribution in [-0.2, 0) is 0 Å². The van der Waals surface area contributed by atoms with Crippen molar-refractivity contribution in [1.82, 2.24) is 24.1 Å². The highest BCUT2D eigenvalue weighted by molar-refractivity contribution is 6.32. The molecule has 0 saturated heterocycles. The van der Waals surface area contributed by atoms with Gasteiger partial charge in [-0.25, -0.2) is 15.0 Å². The molecule has 12 rings (SSSR count). The molecular weight excluding hydrogens is 699 g/mol. The smallest absolute Gasteiger partial charge is 0.164 e. The number of nitrogens with zero attached hydrogens (tertiary/aromatic N) is 5. The molecule has 4 aromatic heterocycles. The molecule has 0 N–H and O–H groups in total. The Labute approximate surface area is 326 Å². The fourth-order valence-corrected chi connectivity index (χ4v) is 8.66. The van der Waals surface area contributed by atoms with Crippen molar-refractivity contribution in [2.75, 3.05) is 0 Å². The van der Waals surface area contributed by atoms with Gasteiger partial charge in [-0.15, -0.1) is 0 Å². The maximum absolute atomic E-state index is 6.85. The van der Waals surface area contributed by atoms with Crippen molar-refractivity contribution in [2.45, 2.75) is 0 Å². The van der Waals surface area contributed by atoms with E-state index in [9.17, 15) is 0 Å². The van der Waals surface area contributed by atoms with Gasteiger partial charge < -0.3 is 13.6 Å². The average Bonchev–Trinajstić information content (AvgIpc) is 3.95. The molecule has 12 aromatic rings. The van der Waals surface area contributed by atoms with E-state index in [-0.39, 0.29) is 0 Å². The van der Waals surface area contributed by atoms with Gasteiger partial charge in [-0.3, -0.25) is 0 Å². The van der Waals surface area contributed by atoms with Crippen molar-refractivity contribution in [1.29, 1.82) is 0 Å². The summed E-state index contributed by atoms with van der Waals surface area (Å²) in [6.45, 7) is 0. The highest BCUT2D eigenvalue weighted by Gasteiger charge is 2.24. The third kappa shape index (κ3) is 4.81. The Hall–Kier alpha value is -7.83. The van der Waals surface area contributed by atoms with Gasteiger partial charge in [-0.2, -0.15) is 0 Å². The minimum atomic E-state index is 0.608. The van der Waals surface area contributed by atoms with Crippen LogP contribution in [0, 0.1) is 0 Å². The molecule has 0 unspecified atom stereocenters. The standard InChI is InChI=1S/C51H31N5O/c1-4-15-32(16-5-1)49-52-50(33-17-6-2-7-18-33)54-51(53-49)34-19-14-22-36(31-34)55-42-29-27-39-37-23-10-12-25-41(37)56(35-20-8-3-9-21-35)47(39)45(42)46-43(55)30-28-40-38-24-11-13-26-44(38)57-48(40)46/h1-31H. The van der Waals surface area contributed by atoms with Gasteiger partial charge in [0.15, 0.2) is 17.5 Å². The third-order valence-corrected chi connectivity index (χ3v) is 11.1. The Morgan fingerprint density at radius 2 is 0.895 bits per heavy atom. The Morgan fingerprint density at radius 1 is 0.351 bits per heavy atom. The second-order valence-corrected chi connectivity index (χ2v) is 14.4. The van der Waals surface area contributed by atoms with Crippen LogP contribution in [0.3, 0.4) is 0 Å². The molecule has 0 aliphatic carbocycles. The molecule has 266 valence electrons. The van der Waals surface area contributed by atoms with E-state index >= 15 is 0 Å². The van der Waals surface area contributed by atoms with Crippen molar-refractivity contribution in [3.63, 3.8) is 0 Å². The van der Waals surface area contributed by atoms with Crippen LogP contribution in [0.25, 0.3) is 111 Å². The summed E-state index contributed by atoms with van der Waals surface area (Å²) >= 11 is 0. The van der Waals surface area contributed by atoms with E-state index in [4.69, 9.17) is 19.4 Å². The number of fused-ring (bicyclic) bond motifs is 11. The van der Waals surface area contributed by atoms with E-state index in [1.807, 2.05) is 66.7 Å². The average molecular weight is 730 g/mol. The number of hydrogen-bond donors (Lipinski definition) is 0. The van der Waals surface area contributed by atoms with E-state index < -0.39 is 0 Å². The number of rotatable bonds is 5. The molecule has 57 heavy (non-hydrogen) atoms. The molecule has 6 heteroatoms. The Balaban J connectivity index is 1.18. The van der Waals surface area contributed by atoms with Crippen LogP contribution in [0.15, 0.2) is 192 Å². The summed E-state index contributed by atoms with van der Waals surface area (Å²) in [5.41, 5.74) is 11.0. The van der Waals surface area contributed by atoms with E-state index in [1.54, 1.807) is 0 Å². The van der Waals surface area contributed by atoms with Gasteiger partial charge in [-0.05, 0) is 54.6 Å². The van der Waals surface area contributed by atoms with E-state index in [0.29, 0.717) is 17.5 Å². The molecule has 0 aliphatic rings. The lowest BCUT2D eigenvalue weighted by Gasteiger charge is -2.12. The summed E-state index contributed by atoms with van der Waals surface area (Å²) in [5, 5.41) is 6.80. The first-order valence-electron chi connectivity index (χ1n) is 19.1. The first kappa shape index (κ1) is 31.5. The molecule has 0 atom stereocenters. The van der Waals surface area contributed by atoms with Gasteiger partial charge >= 0.3 is 0 Å². The monoisotopic (exact) mass is 729 g/mol. The van der Waals surface area contributed by atoms with Crippen molar-refractivity contribution < 1.29 is 4.42 Å². The molecule has 4 heterocycles. The van der Waals surface area contributed by atoms with Crippen LogP contribution in [0.2, 0.25) is 0 Å².